The Balaban J connectivity index is 1.26. The van der Waals surface area contributed by atoms with Gasteiger partial charge in [-0.15, -0.1) is 0 Å². The number of aromatic nitrogens is 2. The standard InChI is InChI=1S/C27H34ClN11O2S/c1-17-13-33-19(14-32-17)15-38(3)42-20-6-4-5-18(11-20)25(41)39-9-7-27(8-10-39)16-34-26(37-27)36-22(40)12-21(29)35-24(30)23(28)31-2/h4-6,11,13-14H,2,7-10,12,15-16,30H2,1,3H3,(H2,29,35)(H2,34,36,37,40)/b24-23-. The number of likely N-dealkylation sites (tertiary alicyclic amines) is 1. The van der Waals surface area contributed by atoms with Crippen LogP contribution in [0.2, 0.25) is 0 Å². The van der Waals surface area contributed by atoms with Crippen molar-refractivity contribution in [2.24, 2.45) is 26.4 Å². The summed E-state index contributed by atoms with van der Waals surface area (Å²) in [5.41, 5.74) is 13.5. The summed E-state index contributed by atoms with van der Waals surface area (Å²) in [4.78, 5) is 49.1. The van der Waals surface area contributed by atoms with Gasteiger partial charge in [-0.3, -0.25) is 29.9 Å². The molecule has 6 N–H and O–H groups in total. The van der Waals surface area contributed by atoms with Crippen molar-refractivity contribution in [1.29, 1.82) is 0 Å². The molecule has 0 aliphatic carbocycles. The van der Waals surface area contributed by atoms with Crippen LogP contribution in [0, 0.1) is 6.92 Å². The molecule has 0 saturated carbocycles. The van der Waals surface area contributed by atoms with Crippen LogP contribution in [-0.2, 0) is 11.3 Å². The van der Waals surface area contributed by atoms with E-state index in [0.29, 0.717) is 50.5 Å². The summed E-state index contributed by atoms with van der Waals surface area (Å²) in [6, 6.07) is 7.64. The van der Waals surface area contributed by atoms with Crippen molar-refractivity contribution in [1.82, 2.24) is 29.8 Å². The van der Waals surface area contributed by atoms with Gasteiger partial charge in [0.15, 0.2) is 16.9 Å². The number of rotatable bonds is 9. The van der Waals surface area contributed by atoms with Gasteiger partial charge in [0.05, 0.1) is 42.6 Å². The predicted molar refractivity (Wildman–Crippen MR) is 165 cm³/mol. The highest BCUT2D eigenvalue weighted by Gasteiger charge is 2.40. The van der Waals surface area contributed by atoms with Gasteiger partial charge in [0, 0.05) is 29.7 Å². The summed E-state index contributed by atoms with van der Waals surface area (Å²) in [7, 11) is 1.98. The van der Waals surface area contributed by atoms with Gasteiger partial charge in [0.2, 0.25) is 5.91 Å². The molecule has 4 rings (SSSR count). The van der Waals surface area contributed by atoms with Crippen molar-refractivity contribution < 1.29 is 9.59 Å². The third-order valence-corrected chi connectivity index (χ3v) is 7.92. The number of nitrogens with zero attached hydrogens (tertiary/aromatic N) is 7. The Hall–Kier alpha value is -4.01. The summed E-state index contributed by atoms with van der Waals surface area (Å²) < 4.78 is 2.05. The number of benzene rings is 1. The van der Waals surface area contributed by atoms with Gasteiger partial charge >= 0.3 is 0 Å². The molecule has 2 aliphatic rings. The van der Waals surface area contributed by atoms with Crippen LogP contribution in [0.15, 0.2) is 67.5 Å². The molecule has 0 atom stereocenters. The van der Waals surface area contributed by atoms with Gasteiger partial charge in [-0.2, -0.15) is 0 Å². The molecule has 1 aromatic heterocycles. The number of amidine groups is 1. The Kier molecular flexibility index (Phi) is 10.1. The lowest BCUT2D eigenvalue weighted by atomic mass is 9.88. The zero-order valence-corrected chi connectivity index (χ0v) is 25.1. The molecule has 1 saturated heterocycles. The van der Waals surface area contributed by atoms with Crippen LogP contribution in [-0.4, -0.2) is 81.7 Å². The van der Waals surface area contributed by atoms with E-state index in [2.05, 4.69) is 46.6 Å². The van der Waals surface area contributed by atoms with E-state index in [-0.39, 0.29) is 34.7 Å². The zero-order valence-electron chi connectivity index (χ0n) is 23.5. The van der Waals surface area contributed by atoms with Crippen molar-refractivity contribution in [3.05, 3.63) is 64.6 Å². The lowest BCUT2D eigenvalue weighted by Gasteiger charge is -2.39. The molecule has 2 amide bonds. The highest BCUT2D eigenvalue weighted by atomic mass is 35.5. The van der Waals surface area contributed by atoms with E-state index in [1.54, 1.807) is 24.3 Å². The van der Waals surface area contributed by atoms with Gasteiger partial charge in [-0.1, -0.05) is 17.7 Å². The number of amides is 2. The number of nitrogens with two attached hydrogens (primary N) is 2. The molecule has 1 aromatic carbocycles. The number of aryl methyl sites for hydroxylation is 1. The Morgan fingerprint density at radius 3 is 2.71 bits per heavy atom. The minimum absolute atomic E-state index is 0.0124. The maximum atomic E-state index is 13.3. The van der Waals surface area contributed by atoms with E-state index in [1.165, 1.54) is 0 Å². The fourth-order valence-corrected chi connectivity index (χ4v) is 5.44. The molecule has 2 aliphatic heterocycles. The monoisotopic (exact) mass is 611 g/mol. The SMILES string of the molecule is C=N/C(Cl)=C(/N)N=C(N)CC(=O)NC1=NCC2(CCN(C(=O)c3cccc(SN(C)Cc4cnc(C)cn4)c3)CC2)N1. The van der Waals surface area contributed by atoms with Crippen molar-refractivity contribution in [2.75, 3.05) is 26.7 Å². The molecule has 3 heterocycles. The molecule has 0 unspecified atom stereocenters. The second kappa shape index (κ2) is 13.8. The minimum Gasteiger partial charge on any atom is -0.387 e. The normalized spacial score (nSPS) is 17.0. The third-order valence-electron chi connectivity index (χ3n) is 6.71. The number of carbonyl (C=O) groups is 2. The second-order valence-corrected chi connectivity index (χ2v) is 11.7. The third kappa shape index (κ3) is 8.27. The summed E-state index contributed by atoms with van der Waals surface area (Å²) in [5.74, 6) is -0.201. The fraction of sp³-hybridized carbons (Fsp3) is 0.370. The minimum atomic E-state index is -0.405. The molecular weight excluding hydrogens is 578 g/mol. The van der Waals surface area contributed by atoms with Crippen molar-refractivity contribution in [3.8, 4) is 0 Å². The molecule has 1 fully saturated rings. The average Bonchev–Trinajstić information content (AvgIpc) is 3.34. The zero-order chi connectivity index (χ0) is 30.3. The number of nitrogens with one attached hydrogen (secondary N) is 2. The van der Waals surface area contributed by atoms with Crippen molar-refractivity contribution >= 4 is 53.9 Å². The molecule has 15 heteroatoms. The first kappa shape index (κ1) is 30.9. The van der Waals surface area contributed by atoms with Crippen LogP contribution in [0.5, 0.6) is 0 Å². The summed E-state index contributed by atoms with van der Waals surface area (Å²) >= 11 is 7.29. The first-order valence-corrected chi connectivity index (χ1v) is 14.3. The summed E-state index contributed by atoms with van der Waals surface area (Å²) in [6.07, 6.45) is 4.70. The average molecular weight is 612 g/mol. The Morgan fingerprint density at radius 2 is 2.02 bits per heavy atom. The summed E-state index contributed by atoms with van der Waals surface area (Å²) in [5, 5.41) is 5.95. The molecule has 13 nitrogen and oxygen atoms in total. The number of halogens is 1. The molecule has 42 heavy (non-hydrogen) atoms. The predicted octanol–water partition coefficient (Wildman–Crippen LogP) is 1.75. The number of aliphatic imine (C=N–C) groups is 3. The Morgan fingerprint density at radius 1 is 1.26 bits per heavy atom. The van der Waals surface area contributed by atoms with E-state index in [4.69, 9.17) is 23.1 Å². The first-order chi connectivity index (χ1) is 20.1. The molecule has 222 valence electrons. The van der Waals surface area contributed by atoms with Crippen LogP contribution in [0.3, 0.4) is 0 Å². The number of hydrogen-bond acceptors (Lipinski definition) is 11. The summed E-state index contributed by atoms with van der Waals surface area (Å²) in [6.45, 7) is 7.41. The van der Waals surface area contributed by atoms with E-state index in [9.17, 15) is 9.59 Å². The van der Waals surface area contributed by atoms with Crippen LogP contribution in [0.1, 0.15) is 41.0 Å². The Labute approximate surface area is 253 Å². The maximum absolute atomic E-state index is 13.3. The van der Waals surface area contributed by atoms with Gasteiger partial charge in [0.25, 0.3) is 5.91 Å². The van der Waals surface area contributed by atoms with Crippen molar-refractivity contribution in [3.63, 3.8) is 0 Å². The Bertz CT molecular complexity index is 1420. The number of guanidine groups is 1. The lowest BCUT2D eigenvalue weighted by Crippen LogP contribution is -2.57. The van der Waals surface area contributed by atoms with Crippen molar-refractivity contribution in [2.45, 2.75) is 43.2 Å². The number of carbonyl (C=O) groups excluding carboxylic acids is 2. The van der Waals surface area contributed by atoms with Crippen LogP contribution >= 0.6 is 23.5 Å². The lowest BCUT2D eigenvalue weighted by molar-refractivity contribution is -0.118. The smallest absolute Gasteiger partial charge is 0.253 e. The molecular formula is C27H34ClN11O2S. The van der Waals surface area contributed by atoms with E-state index in [0.717, 1.165) is 16.3 Å². The topological polar surface area (TPSA) is 180 Å². The second-order valence-electron chi connectivity index (χ2n) is 10.1. The number of piperidine rings is 1. The maximum Gasteiger partial charge on any atom is 0.253 e. The van der Waals surface area contributed by atoms with E-state index >= 15 is 0 Å². The first-order valence-electron chi connectivity index (χ1n) is 13.2. The van der Waals surface area contributed by atoms with E-state index in [1.807, 2.05) is 43.1 Å². The molecule has 0 bridgehead atoms. The van der Waals surface area contributed by atoms with Gasteiger partial charge < -0.3 is 21.7 Å². The van der Waals surface area contributed by atoms with Crippen LogP contribution in [0.4, 0.5) is 0 Å². The van der Waals surface area contributed by atoms with Gasteiger partial charge in [-0.05, 0) is 63.7 Å². The molecule has 1 spiro atoms. The molecule has 2 aromatic rings. The van der Waals surface area contributed by atoms with Crippen LogP contribution in [0.25, 0.3) is 0 Å². The van der Waals surface area contributed by atoms with Crippen LogP contribution < -0.4 is 22.1 Å². The highest BCUT2D eigenvalue weighted by Crippen LogP contribution is 2.28. The fourth-order valence-electron chi connectivity index (χ4n) is 4.52. The molecule has 0 radical (unpaired) electrons. The largest absolute Gasteiger partial charge is 0.387 e. The van der Waals surface area contributed by atoms with Gasteiger partial charge in [-0.25, -0.2) is 14.3 Å². The quantitative estimate of drug-likeness (QED) is 0.142. The van der Waals surface area contributed by atoms with E-state index < -0.39 is 5.91 Å². The van der Waals surface area contributed by atoms with Gasteiger partial charge in [0.1, 0.15) is 5.84 Å². The number of hydrogen-bond donors (Lipinski definition) is 4. The highest BCUT2D eigenvalue weighted by molar-refractivity contribution is 7.97.